The molecule has 2 aromatic rings. The predicted molar refractivity (Wildman–Crippen MR) is 64.3 cm³/mol. The molecule has 18 heavy (non-hydrogen) atoms. The molecule has 0 bridgehead atoms. The highest BCUT2D eigenvalue weighted by Crippen LogP contribution is 2.26. The highest BCUT2D eigenvalue weighted by Gasteiger charge is 2.16. The molecule has 0 atom stereocenters. The van der Waals surface area contributed by atoms with Gasteiger partial charge in [-0.15, -0.1) is 0 Å². The van der Waals surface area contributed by atoms with Gasteiger partial charge in [0.25, 0.3) is 6.54 Å². The van der Waals surface area contributed by atoms with Crippen LogP contribution in [0.2, 0.25) is 0 Å². The largest absolute Gasteiger partial charge is 0.496 e. The topological polar surface area (TPSA) is 56.7 Å². The van der Waals surface area contributed by atoms with Crippen molar-refractivity contribution < 1.29 is 13.9 Å². The van der Waals surface area contributed by atoms with Crippen molar-refractivity contribution in [1.82, 2.24) is 4.98 Å². The molecule has 1 aromatic heterocycles. The molecule has 5 heteroatoms. The normalized spacial score (nSPS) is 9.78. The van der Waals surface area contributed by atoms with Crippen LogP contribution in [0, 0.1) is 6.57 Å². The molecule has 0 radical (unpaired) electrons. The number of aromatic nitrogens is 1. The lowest BCUT2D eigenvalue weighted by Gasteiger charge is -2.06. The number of methoxy groups -OCH3 is 1. The van der Waals surface area contributed by atoms with Gasteiger partial charge in [-0.3, -0.25) is 4.79 Å². The van der Waals surface area contributed by atoms with Crippen molar-refractivity contribution in [2.75, 3.05) is 13.7 Å². The average molecular weight is 242 g/mol. The van der Waals surface area contributed by atoms with E-state index in [1.165, 1.54) is 19.6 Å². The van der Waals surface area contributed by atoms with Gasteiger partial charge < -0.3 is 14.0 Å². The summed E-state index contributed by atoms with van der Waals surface area (Å²) in [6.45, 7) is 6.53. The molecule has 0 aliphatic rings. The lowest BCUT2D eigenvalue weighted by atomic mass is 10.1. The van der Waals surface area contributed by atoms with Gasteiger partial charge in [-0.2, -0.15) is 0 Å². The van der Waals surface area contributed by atoms with Gasteiger partial charge >= 0.3 is 0 Å². The molecule has 90 valence electrons. The number of hydrogen-bond acceptors (Lipinski definition) is 4. The molecule has 0 saturated heterocycles. The van der Waals surface area contributed by atoms with Crippen LogP contribution in [-0.4, -0.2) is 24.4 Å². The zero-order valence-corrected chi connectivity index (χ0v) is 9.71. The first-order valence-electron chi connectivity index (χ1n) is 5.20. The van der Waals surface area contributed by atoms with Gasteiger partial charge in [0.2, 0.25) is 11.7 Å². The van der Waals surface area contributed by atoms with Crippen LogP contribution < -0.4 is 4.74 Å². The number of benzene rings is 1. The molecule has 0 fully saturated rings. The van der Waals surface area contributed by atoms with Crippen LogP contribution >= 0.6 is 0 Å². The zero-order valence-electron chi connectivity index (χ0n) is 9.71. The Morgan fingerprint density at radius 2 is 2.39 bits per heavy atom. The number of Topliss-reactive ketones (excluding diaryl/α,β-unsaturated/α-hetero) is 1. The Kier molecular flexibility index (Phi) is 3.39. The Labute approximate surface area is 104 Å². The van der Waals surface area contributed by atoms with Crippen LogP contribution in [0.4, 0.5) is 0 Å². The number of hydrogen-bond donors (Lipinski definition) is 0. The first-order chi connectivity index (χ1) is 8.76. The second-order valence-corrected chi connectivity index (χ2v) is 3.49. The van der Waals surface area contributed by atoms with E-state index in [1.807, 2.05) is 0 Å². The molecular formula is C13H10N2O3. The van der Waals surface area contributed by atoms with Crippen molar-refractivity contribution >= 4 is 5.78 Å². The van der Waals surface area contributed by atoms with Gasteiger partial charge in [0, 0.05) is 5.56 Å². The average Bonchev–Trinajstić information content (AvgIpc) is 2.92. The third-order valence-electron chi connectivity index (χ3n) is 2.40. The van der Waals surface area contributed by atoms with Crippen LogP contribution in [0.1, 0.15) is 10.4 Å². The minimum absolute atomic E-state index is 0.203. The van der Waals surface area contributed by atoms with E-state index in [4.69, 9.17) is 15.7 Å². The summed E-state index contributed by atoms with van der Waals surface area (Å²) in [4.78, 5) is 18.9. The zero-order chi connectivity index (χ0) is 13.0. The first-order valence-corrected chi connectivity index (χ1v) is 5.20. The number of nitrogens with zero attached hydrogens (tertiary/aromatic N) is 2. The van der Waals surface area contributed by atoms with Crippen molar-refractivity contribution in [2.24, 2.45) is 0 Å². The molecule has 0 aliphatic carbocycles. The molecule has 0 spiro atoms. The van der Waals surface area contributed by atoms with Crippen LogP contribution in [-0.2, 0) is 0 Å². The molecule has 0 saturated carbocycles. The van der Waals surface area contributed by atoms with Gasteiger partial charge in [-0.25, -0.2) is 11.6 Å². The van der Waals surface area contributed by atoms with E-state index in [0.29, 0.717) is 22.8 Å². The summed E-state index contributed by atoms with van der Waals surface area (Å²) in [5, 5.41) is 0. The lowest BCUT2D eigenvalue weighted by Crippen LogP contribution is -2.05. The molecule has 0 amide bonds. The van der Waals surface area contributed by atoms with E-state index in [2.05, 4.69) is 9.83 Å². The fraction of sp³-hybridized carbons (Fsp3) is 0.154. The minimum atomic E-state index is -0.282. The molecular weight excluding hydrogens is 232 g/mol. The van der Waals surface area contributed by atoms with Crippen LogP contribution in [0.3, 0.4) is 0 Å². The fourth-order valence-corrected chi connectivity index (χ4v) is 1.58. The van der Waals surface area contributed by atoms with Crippen LogP contribution in [0.15, 0.2) is 35.1 Å². The number of oxazole rings is 1. The monoisotopic (exact) mass is 242 g/mol. The predicted octanol–water partition coefficient (Wildman–Crippen LogP) is 2.45. The van der Waals surface area contributed by atoms with E-state index >= 15 is 0 Å². The Balaban J connectivity index is 2.46. The SMILES string of the molecule is [C-]#[N+]CC(=O)c1cc(-c2ncco2)ccc1OC. The summed E-state index contributed by atoms with van der Waals surface area (Å²) < 4.78 is 10.3. The Bertz CT molecular complexity index is 597. The Hall–Kier alpha value is -2.61. The quantitative estimate of drug-likeness (QED) is 0.610. The maximum Gasteiger partial charge on any atom is 0.276 e. The highest BCUT2D eigenvalue weighted by molar-refractivity contribution is 6.01. The summed E-state index contributed by atoms with van der Waals surface area (Å²) in [7, 11) is 1.48. The molecule has 1 heterocycles. The molecule has 0 aliphatic heterocycles. The van der Waals surface area contributed by atoms with Crippen LogP contribution in [0.25, 0.3) is 16.3 Å². The summed E-state index contributed by atoms with van der Waals surface area (Å²) in [5.74, 6) is 0.587. The van der Waals surface area contributed by atoms with Gasteiger partial charge in [0.05, 0.1) is 18.9 Å². The third-order valence-corrected chi connectivity index (χ3v) is 2.40. The smallest absolute Gasteiger partial charge is 0.276 e. The fourth-order valence-electron chi connectivity index (χ4n) is 1.58. The summed E-state index contributed by atoms with van der Waals surface area (Å²) in [6, 6.07) is 5.04. The van der Waals surface area contributed by atoms with Crippen molar-refractivity contribution in [1.29, 1.82) is 0 Å². The van der Waals surface area contributed by atoms with E-state index < -0.39 is 0 Å². The first kappa shape index (κ1) is 11.9. The maximum absolute atomic E-state index is 11.8. The van der Waals surface area contributed by atoms with Gasteiger partial charge in [-0.1, -0.05) is 0 Å². The number of carbonyl (C=O) groups excluding carboxylic acids is 1. The van der Waals surface area contributed by atoms with Crippen molar-refractivity contribution in [3.05, 3.63) is 47.6 Å². The maximum atomic E-state index is 11.8. The van der Waals surface area contributed by atoms with E-state index in [1.54, 1.807) is 18.2 Å². The van der Waals surface area contributed by atoms with Crippen LogP contribution in [0.5, 0.6) is 5.75 Å². The van der Waals surface area contributed by atoms with Gasteiger partial charge in [0.15, 0.2) is 0 Å². The third kappa shape index (κ3) is 2.23. The number of ketones is 1. The molecule has 0 N–H and O–H groups in total. The van der Waals surface area contributed by atoms with E-state index in [0.717, 1.165) is 0 Å². The van der Waals surface area contributed by atoms with E-state index in [9.17, 15) is 4.79 Å². The highest BCUT2D eigenvalue weighted by atomic mass is 16.5. The molecule has 1 aromatic carbocycles. The Morgan fingerprint density at radius 1 is 1.56 bits per heavy atom. The lowest BCUT2D eigenvalue weighted by molar-refractivity contribution is 0.101. The Morgan fingerprint density at radius 3 is 3.00 bits per heavy atom. The van der Waals surface area contributed by atoms with Gasteiger partial charge in [-0.05, 0) is 18.2 Å². The molecule has 5 nitrogen and oxygen atoms in total. The summed E-state index contributed by atoms with van der Waals surface area (Å²) >= 11 is 0. The summed E-state index contributed by atoms with van der Waals surface area (Å²) in [5.41, 5.74) is 1.04. The standard InChI is InChI=1S/C13H10N2O3/c1-14-8-11(16)10-7-9(3-4-12(10)17-2)13-15-5-6-18-13/h3-7H,8H2,2H3. The molecule has 2 rings (SSSR count). The number of carbonyl (C=O) groups is 1. The number of rotatable bonds is 4. The van der Waals surface area contributed by atoms with Gasteiger partial charge in [0.1, 0.15) is 12.0 Å². The van der Waals surface area contributed by atoms with Crippen molar-refractivity contribution in [2.45, 2.75) is 0 Å². The molecule has 0 unspecified atom stereocenters. The summed E-state index contributed by atoms with van der Waals surface area (Å²) in [6.07, 6.45) is 2.99. The second-order valence-electron chi connectivity index (χ2n) is 3.49. The second kappa shape index (κ2) is 5.15. The van der Waals surface area contributed by atoms with Crippen molar-refractivity contribution in [3.63, 3.8) is 0 Å². The van der Waals surface area contributed by atoms with Crippen molar-refractivity contribution in [3.8, 4) is 17.2 Å². The minimum Gasteiger partial charge on any atom is -0.496 e. The number of ether oxygens (including phenoxy) is 1. The van der Waals surface area contributed by atoms with E-state index in [-0.39, 0.29) is 12.3 Å².